The number of rotatable bonds is 9. The van der Waals surface area contributed by atoms with Crippen LogP contribution in [0.15, 0.2) is 48.9 Å². The normalized spacial score (nSPS) is 16.1. The number of amides is 1. The predicted molar refractivity (Wildman–Crippen MR) is 126 cm³/mol. The number of H-pyrrole nitrogens is 1. The van der Waals surface area contributed by atoms with Crippen LogP contribution in [0.5, 0.6) is 0 Å². The first kappa shape index (κ1) is 22.9. The quantitative estimate of drug-likeness (QED) is 0.497. The van der Waals surface area contributed by atoms with E-state index in [-0.39, 0.29) is 17.6 Å². The average molecular weight is 451 g/mol. The topological polar surface area (TPSA) is 78.0 Å². The third-order valence-electron chi connectivity index (χ3n) is 6.21. The largest absolute Gasteiger partial charge is 0.355 e. The number of piperidine rings is 1. The monoisotopic (exact) mass is 450 g/mol. The molecule has 1 amide bonds. The van der Waals surface area contributed by atoms with E-state index < -0.39 is 0 Å². The number of anilines is 1. The van der Waals surface area contributed by atoms with E-state index in [2.05, 4.69) is 25.1 Å². The van der Waals surface area contributed by atoms with Crippen LogP contribution >= 0.6 is 0 Å². The highest BCUT2D eigenvalue weighted by molar-refractivity contribution is 5.79. The van der Waals surface area contributed by atoms with Gasteiger partial charge in [-0.05, 0) is 50.3 Å². The highest BCUT2D eigenvalue weighted by Crippen LogP contribution is 2.23. The molecular formula is C25H31FN6O. The molecule has 1 fully saturated rings. The van der Waals surface area contributed by atoms with Gasteiger partial charge in [-0.2, -0.15) is 5.10 Å². The molecule has 174 valence electrons. The lowest BCUT2D eigenvalue weighted by Gasteiger charge is -2.34. The van der Waals surface area contributed by atoms with Gasteiger partial charge in [0.05, 0.1) is 17.8 Å². The predicted octanol–water partition coefficient (Wildman–Crippen LogP) is 4.09. The number of hydrogen-bond donors (Lipinski definition) is 1. The van der Waals surface area contributed by atoms with Crippen LogP contribution in [0, 0.1) is 11.7 Å². The summed E-state index contributed by atoms with van der Waals surface area (Å²) in [5.74, 6) is 0.816. The van der Waals surface area contributed by atoms with E-state index in [1.54, 1.807) is 24.7 Å². The van der Waals surface area contributed by atoms with Gasteiger partial charge in [-0.1, -0.05) is 18.6 Å². The van der Waals surface area contributed by atoms with E-state index in [0.717, 1.165) is 74.4 Å². The minimum absolute atomic E-state index is 0.0111. The first-order valence-corrected chi connectivity index (χ1v) is 11.7. The number of unbranched alkanes of at least 4 members (excludes halogenated alkanes) is 2. The highest BCUT2D eigenvalue weighted by Gasteiger charge is 2.28. The molecule has 1 saturated heterocycles. The number of benzene rings is 1. The van der Waals surface area contributed by atoms with Crippen molar-refractivity contribution in [1.82, 2.24) is 25.1 Å². The van der Waals surface area contributed by atoms with Crippen molar-refractivity contribution < 1.29 is 9.18 Å². The lowest BCUT2D eigenvalue weighted by molar-refractivity contribution is -0.134. The summed E-state index contributed by atoms with van der Waals surface area (Å²) in [5, 5.41) is 7.35. The van der Waals surface area contributed by atoms with Crippen molar-refractivity contribution >= 4 is 11.7 Å². The summed E-state index contributed by atoms with van der Waals surface area (Å²) in [4.78, 5) is 25.5. The number of halogens is 1. The maximum Gasteiger partial charge on any atom is 0.227 e. The number of carbonyl (C=O) groups excluding carboxylic acids is 1. The van der Waals surface area contributed by atoms with Gasteiger partial charge in [-0.25, -0.2) is 9.37 Å². The molecule has 3 heterocycles. The Morgan fingerprint density at radius 1 is 1.24 bits per heavy atom. The molecule has 33 heavy (non-hydrogen) atoms. The van der Waals surface area contributed by atoms with Gasteiger partial charge in [-0.3, -0.25) is 14.9 Å². The van der Waals surface area contributed by atoms with Crippen LogP contribution in [-0.4, -0.2) is 57.7 Å². The number of aryl methyl sites for hydroxylation is 1. The molecule has 1 unspecified atom stereocenters. The number of carbonyl (C=O) groups is 1. The van der Waals surface area contributed by atoms with Crippen LogP contribution in [0.4, 0.5) is 10.2 Å². The first-order chi connectivity index (χ1) is 16.1. The van der Waals surface area contributed by atoms with Crippen molar-refractivity contribution in [2.45, 2.75) is 38.5 Å². The molecule has 7 nitrogen and oxygen atoms in total. The van der Waals surface area contributed by atoms with Gasteiger partial charge >= 0.3 is 0 Å². The van der Waals surface area contributed by atoms with Gasteiger partial charge in [0.2, 0.25) is 5.91 Å². The van der Waals surface area contributed by atoms with E-state index in [1.165, 1.54) is 12.1 Å². The fourth-order valence-electron chi connectivity index (χ4n) is 4.39. The zero-order valence-electron chi connectivity index (χ0n) is 19.1. The maximum atomic E-state index is 13.4. The zero-order valence-corrected chi connectivity index (χ0v) is 19.1. The van der Waals surface area contributed by atoms with E-state index >= 15 is 0 Å². The molecule has 0 saturated carbocycles. The standard InChI is InChI=1S/C25H31FN6O/c1-31(25(33)20-8-6-14-32(18-20)24-17-27-11-12-28-24)13-4-2-3-10-22-16-23(30-29-22)19-7-5-9-21(26)15-19/h5,7,9,11-12,15-17,20H,2-4,6,8,10,13-14,18H2,1H3,(H,29,30). The molecule has 8 heteroatoms. The van der Waals surface area contributed by atoms with Gasteiger partial charge in [0.15, 0.2) is 0 Å². The number of hydrogen-bond acceptors (Lipinski definition) is 5. The first-order valence-electron chi connectivity index (χ1n) is 11.7. The minimum atomic E-state index is -0.259. The van der Waals surface area contributed by atoms with Crippen LogP contribution < -0.4 is 4.90 Å². The summed E-state index contributed by atoms with van der Waals surface area (Å²) in [5.41, 5.74) is 2.58. The Hall–Kier alpha value is -3.29. The second-order valence-electron chi connectivity index (χ2n) is 8.71. The van der Waals surface area contributed by atoms with Crippen molar-refractivity contribution in [3.8, 4) is 11.3 Å². The average Bonchev–Trinajstić information content (AvgIpc) is 3.33. The van der Waals surface area contributed by atoms with Crippen molar-refractivity contribution in [1.29, 1.82) is 0 Å². The molecule has 1 aliphatic heterocycles. The van der Waals surface area contributed by atoms with E-state index in [9.17, 15) is 9.18 Å². The molecule has 1 atom stereocenters. The number of aromatic nitrogens is 4. The Morgan fingerprint density at radius 3 is 2.97 bits per heavy atom. The fourth-order valence-corrected chi connectivity index (χ4v) is 4.39. The Bertz CT molecular complexity index is 1040. The highest BCUT2D eigenvalue weighted by atomic mass is 19.1. The van der Waals surface area contributed by atoms with Gasteiger partial charge in [0, 0.05) is 50.3 Å². The van der Waals surface area contributed by atoms with Crippen molar-refractivity contribution in [3.63, 3.8) is 0 Å². The third kappa shape index (κ3) is 6.15. The molecule has 2 aromatic heterocycles. The van der Waals surface area contributed by atoms with Gasteiger partial charge in [0.25, 0.3) is 0 Å². The minimum Gasteiger partial charge on any atom is -0.355 e. The number of aromatic amines is 1. The molecule has 0 aliphatic carbocycles. The molecular weight excluding hydrogens is 419 g/mol. The summed E-state index contributed by atoms with van der Waals surface area (Å²) in [7, 11) is 1.91. The summed E-state index contributed by atoms with van der Waals surface area (Å²) in [6, 6.07) is 8.45. The Balaban J connectivity index is 1.17. The van der Waals surface area contributed by atoms with Crippen molar-refractivity contribution in [3.05, 3.63) is 60.4 Å². The molecule has 1 aromatic carbocycles. The summed E-state index contributed by atoms with van der Waals surface area (Å²) < 4.78 is 13.4. The molecule has 1 N–H and O–H groups in total. The van der Waals surface area contributed by atoms with Crippen LogP contribution in [0.25, 0.3) is 11.3 Å². The second-order valence-corrected chi connectivity index (χ2v) is 8.71. The molecule has 0 bridgehead atoms. The van der Waals surface area contributed by atoms with Crippen molar-refractivity contribution in [2.24, 2.45) is 5.92 Å². The second kappa shape index (κ2) is 11.0. The number of nitrogens with one attached hydrogen (secondary N) is 1. The number of nitrogens with zero attached hydrogens (tertiary/aromatic N) is 5. The zero-order chi connectivity index (χ0) is 23.0. The van der Waals surface area contributed by atoms with Gasteiger partial charge in [-0.15, -0.1) is 0 Å². The Labute approximate surface area is 194 Å². The van der Waals surface area contributed by atoms with E-state index in [4.69, 9.17) is 0 Å². The van der Waals surface area contributed by atoms with Crippen LogP contribution in [-0.2, 0) is 11.2 Å². The fraction of sp³-hybridized carbons (Fsp3) is 0.440. The molecule has 4 rings (SSSR count). The summed E-state index contributed by atoms with van der Waals surface area (Å²) in [6.45, 7) is 2.38. The maximum absolute atomic E-state index is 13.4. The Morgan fingerprint density at radius 2 is 2.15 bits per heavy atom. The van der Waals surface area contributed by atoms with E-state index in [0.29, 0.717) is 6.54 Å². The third-order valence-corrected chi connectivity index (χ3v) is 6.21. The summed E-state index contributed by atoms with van der Waals surface area (Å²) >= 11 is 0. The summed E-state index contributed by atoms with van der Waals surface area (Å²) in [6.07, 6.45) is 10.9. The van der Waals surface area contributed by atoms with E-state index in [1.807, 2.05) is 24.1 Å². The molecule has 0 spiro atoms. The van der Waals surface area contributed by atoms with Crippen LogP contribution in [0.1, 0.15) is 37.8 Å². The lowest BCUT2D eigenvalue weighted by Crippen LogP contribution is -2.44. The van der Waals surface area contributed by atoms with Crippen LogP contribution in [0.2, 0.25) is 0 Å². The SMILES string of the molecule is CN(CCCCCc1cc(-c2cccc(F)c2)n[nH]1)C(=O)C1CCCN(c2cnccn2)C1. The van der Waals surface area contributed by atoms with Crippen LogP contribution in [0.3, 0.4) is 0 Å². The lowest BCUT2D eigenvalue weighted by atomic mass is 9.96. The molecule has 1 aliphatic rings. The molecule has 0 radical (unpaired) electrons. The van der Waals surface area contributed by atoms with Gasteiger partial charge in [0.1, 0.15) is 11.6 Å². The smallest absolute Gasteiger partial charge is 0.227 e. The van der Waals surface area contributed by atoms with Gasteiger partial charge < -0.3 is 9.80 Å². The Kier molecular flexibility index (Phi) is 7.65. The molecule has 3 aromatic rings. The van der Waals surface area contributed by atoms with Crippen molar-refractivity contribution in [2.75, 3.05) is 31.6 Å².